The molecule has 580 valence electrons. The predicted molar refractivity (Wildman–Crippen MR) is 489 cm³/mol. The number of nitrogens with zero attached hydrogens (tertiary/aromatic N) is 4. The maximum absolute atomic E-state index is 13.6. The highest BCUT2D eigenvalue weighted by atomic mass is 16.5. The van der Waals surface area contributed by atoms with Gasteiger partial charge in [0.2, 0.25) is 0 Å². The highest BCUT2D eigenvalue weighted by Crippen LogP contribution is 2.53. The molecule has 0 aliphatic rings. The van der Waals surface area contributed by atoms with Crippen LogP contribution in [-0.4, -0.2) is 52.3 Å². The van der Waals surface area contributed by atoms with Crippen molar-refractivity contribution in [1.29, 1.82) is 0 Å². The van der Waals surface area contributed by atoms with Crippen molar-refractivity contribution in [3.63, 3.8) is 0 Å². The summed E-state index contributed by atoms with van der Waals surface area (Å²) in [6.07, 6.45) is 0. The summed E-state index contributed by atoms with van der Waals surface area (Å²) in [6, 6.07) is 139. The Bertz CT molecular complexity index is 6640. The lowest BCUT2D eigenvalue weighted by atomic mass is 9.83. The quantitative estimate of drug-likeness (QED) is 0.0411. The lowest BCUT2D eigenvalue weighted by Gasteiger charge is -2.30. The largest absolute Gasteiger partial charge is 0.465 e. The molecule has 0 aliphatic heterocycles. The fourth-order valence-electron chi connectivity index (χ4n) is 16.5. The molecule has 0 fully saturated rings. The monoisotopic (exact) mass is 1560 g/mol. The van der Waals surface area contributed by atoms with Crippen molar-refractivity contribution in [2.24, 2.45) is 0 Å². The number of esters is 4. The van der Waals surface area contributed by atoms with Gasteiger partial charge in [-0.3, -0.25) is 0 Å². The van der Waals surface area contributed by atoms with Gasteiger partial charge in [-0.1, -0.05) is 249 Å². The first-order chi connectivity index (χ1) is 59.1. The van der Waals surface area contributed by atoms with Crippen molar-refractivity contribution in [3.05, 3.63) is 435 Å². The minimum Gasteiger partial charge on any atom is -0.465 e. The molecule has 0 saturated carbocycles. The van der Waals surface area contributed by atoms with E-state index in [2.05, 4.69) is 250 Å². The second kappa shape index (κ2) is 34.6. The Morgan fingerprint density at radius 1 is 0.183 bits per heavy atom. The van der Waals surface area contributed by atoms with Crippen LogP contribution < -0.4 is 19.6 Å². The minimum atomic E-state index is -0.433. The standard InChI is InChI=1S/2C54H40N2O4/c1-59-53(57)46-29-16-14-27-44(46)50-42-25-12-13-26-43(42)51(45-28-15-17-30-47(45)54(58)60-2)52-48(50)31-18-32-49(52)56(39-23-10-5-11-24-39)41-35-33-40(34-36-41)55(37-19-6-3-7-20-37)38-21-8-4-9-22-38;1-59-53(57)48-28-16-14-26-45(48)51-43-24-12-13-25-44(43)52(46-27-15-17-29-49(46)54(58)60-2)50-36-42(34-35-47(50)51)56(39-22-10-5-11-23-39)41-32-30-40(31-33-41)55(37-18-6-3-7-19-37)38-20-8-4-9-21-38/h2*3-36H,1-2H3. The molecule has 0 N–H and O–H groups in total. The van der Waals surface area contributed by atoms with Crippen molar-refractivity contribution in [2.75, 3.05) is 48.0 Å². The summed E-state index contributed by atoms with van der Waals surface area (Å²) >= 11 is 0. The van der Waals surface area contributed by atoms with Crippen molar-refractivity contribution < 1.29 is 38.1 Å². The van der Waals surface area contributed by atoms with Gasteiger partial charge in [0.1, 0.15) is 0 Å². The van der Waals surface area contributed by atoms with Gasteiger partial charge >= 0.3 is 23.9 Å². The number of fused-ring (bicyclic) bond motifs is 4. The van der Waals surface area contributed by atoms with E-state index < -0.39 is 23.9 Å². The fraction of sp³-hybridized carbons (Fsp3) is 0.0370. The zero-order chi connectivity index (χ0) is 82.0. The van der Waals surface area contributed by atoms with Crippen molar-refractivity contribution in [3.8, 4) is 44.5 Å². The third kappa shape index (κ3) is 14.8. The Morgan fingerprint density at radius 3 is 0.725 bits per heavy atom. The van der Waals surface area contributed by atoms with Gasteiger partial charge in [-0.05, 0) is 240 Å². The Kier molecular flexibility index (Phi) is 22.1. The third-order valence-electron chi connectivity index (χ3n) is 21.8. The first-order valence-electron chi connectivity index (χ1n) is 39.5. The number of para-hydroxylation sites is 6. The Balaban J connectivity index is 0.000000171. The number of rotatable bonds is 20. The average Bonchev–Trinajstić information content (AvgIpc) is 0.720. The van der Waals surface area contributed by atoms with Crippen LogP contribution in [0.2, 0.25) is 0 Å². The first-order valence-corrected chi connectivity index (χ1v) is 39.5. The van der Waals surface area contributed by atoms with Crippen LogP contribution in [0.3, 0.4) is 0 Å². The van der Waals surface area contributed by atoms with Crippen LogP contribution in [0.1, 0.15) is 41.4 Å². The Hall–Kier alpha value is -15.9. The molecule has 18 aromatic carbocycles. The molecule has 0 aromatic heterocycles. The number of methoxy groups -OCH3 is 4. The van der Waals surface area contributed by atoms with Crippen LogP contribution >= 0.6 is 0 Å². The second-order valence-electron chi connectivity index (χ2n) is 28.6. The topological polar surface area (TPSA) is 118 Å². The molecule has 0 amide bonds. The molecule has 0 radical (unpaired) electrons. The van der Waals surface area contributed by atoms with E-state index in [1.165, 1.54) is 28.4 Å². The van der Waals surface area contributed by atoms with Gasteiger partial charge in [-0.2, -0.15) is 0 Å². The van der Waals surface area contributed by atoms with Crippen molar-refractivity contribution >= 4 is 135 Å². The summed E-state index contributed by atoms with van der Waals surface area (Å²) < 4.78 is 21.3. The summed E-state index contributed by atoms with van der Waals surface area (Å²) in [4.78, 5) is 62.8. The van der Waals surface area contributed by atoms with Crippen LogP contribution in [0.25, 0.3) is 87.6 Å². The highest BCUT2D eigenvalue weighted by Gasteiger charge is 2.30. The maximum atomic E-state index is 13.6. The summed E-state index contributed by atoms with van der Waals surface area (Å²) in [6.45, 7) is 0. The van der Waals surface area contributed by atoms with Crippen LogP contribution in [0.4, 0.5) is 68.2 Å². The molecule has 0 unspecified atom stereocenters. The van der Waals surface area contributed by atoms with Crippen LogP contribution in [0.5, 0.6) is 0 Å². The molecule has 0 bridgehead atoms. The van der Waals surface area contributed by atoms with E-state index in [9.17, 15) is 19.2 Å². The van der Waals surface area contributed by atoms with E-state index in [4.69, 9.17) is 18.9 Å². The number of carbonyl (C=O) groups is 4. The number of hydrogen-bond acceptors (Lipinski definition) is 12. The maximum Gasteiger partial charge on any atom is 0.338 e. The molecule has 18 rings (SSSR count). The molecule has 120 heavy (non-hydrogen) atoms. The fourth-order valence-corrected chi connectivity index (χ4v) is 16.5. The van der Waals surface area contributed by atoms with E-state index in [1.54, 1.807) is 18.2 Å². The van der Waals surface area contributed by atoms with E-state index >= 15 is 0 Å². The molecular weight excluding hydrogens is 1480 g/mol. The number of hydrogen-bond donors (Lipinski definition) is 0. The number of benzene rings is 18. The second-order valence-corrected chi connectivity index (χ2v) is 28.6. The molecule has 0 spiro atoms. The lowest BCUT2D eigenvalue weighted by molar-refractivity contribution is 0.0592. The average molecular weight is 1560 g/mol. The molecule has 0 heterocycles. The van der Waals surface area contributed by atoms with Crippen LogP contribution in [0, 0.1) is 0 Å². The Labute approximate surface area is 696 Å². The lowest BCUT2D eigenvalue weighted by Crippen LogP contribution is -2.13. The molecule has 12 nitrogen and oxygen atoms in total. The minimum absolute atomic E-state index is 0.420. The zero-order valence-corrected chi connectivity index (χ0v) is 66.3. The zero-order valence-electron chi connectivity index (χ0n) is 66.3. The molecule has 18 aromatic rings. The molecule has 12 heteroatoms. The molecule has 0 atom stereocenters. The summed E-state index contributed by atoms with van der Waals surface area (Å²) in [7, 11) is 5.62. The molecule has 0 aliphatic carbocycles. The molecule has 0 saturated heterocycles. The van der Waals surface area contributed by atoms with Gasteiger partial charge < -0.3 is 38.5 Å². The number of carbonyl (C=O) groups excluding carboxylic acids is 4. The van der Waals surface area contributed by atoms with Crippen LogP contribution in [0.15, 0.2) is 413 Å². The summed E-state index contributed by atoms with van der Waals surface area (Å²) in [5.41, 5.74) is 20.1. The van der Waals surface area contributed by atoms with Gasteiger partial charge in [0.25, 0.3) is 0 Å². The third-order valence-corrected chi connectivity index (χ3v) is 21.8. The van der Waals surface area contributed by atoms with E-state index in [0.717, 1.165) is 156 Å². The van der Waals surface area contributed by atoms with Crippen molar-refractivity contribution in [2.45, 2.75) is 0 Å². The van der Waals surface area contributed by atoms with Crippen molar-refractivity contribution in [1.82, 2.24) is 0 Å². The summed E-state index contributed by atoms with van der Waals surface area (Å²) in [5.74, 6) is -1.70. The SMILES string of the molecule is COC(=O)c1ccccc1-c1c2ccccc2c(-c2ccccc2C(=O)OC)c2c(N(c3ccccc3)c3ccc(N(c4ccccc4)c4ccccc4)cc3)cccc12.COC(=O)c1ccccc1-c1c2ccccc2c(-c2ccccc2C(=O)OC)c2cc(N(c3ccccc3)c3ccc(N(c4ccccc4)c4ccccc4)cc3)ccc12. The highest BCUT2D eigenvalue weighted by molar-refractivity contribution is 6.28. The molecular formula is C108H80N4O8. The number of ether oxygens (including phenoxy) is 4. The smallest absolute Gasteiger partial charge is 0.338 e. The van der Waals surface area contributed by atoms with Gasteiger partial charge in [0, 0.05) is 73.5 Å². The van der Waals surface area contributed by atoms with E-state index in [-0.39, 0.29) is 0 Å². The van der Waals surface area contributed by atoms with Crippen LogP contribution in [-0.2, 0) is 18.9 Å². The Morgan fingerprint density at radius 2 is 0.400 bits per heavy atom. The normalized spacial score (nSPS) is 11.0. The van der Waals surface area contributed by atoms with Gasteiger partial charge in [0.15, 0.2) is 0 Å². The first kappa shape index (κ1) is 76.7. The summed E-state index contributed by atoms with van der Waals surface area (Å²) in [5, 5.41) is 7.28. The number of anilines is 12. The van der Waals surface area contributed by atoms with E-state index in [1.807, 2.05) is 164 Å². The van der Waals surface area contributed by atoms with Gasteiger partial charge in [-0.25, -0.2) is 19.2 Å². The predicted octanol–water partition coefficient (Wildman–Crippen LogP) is 27.7. The van der Waals surface area contributed by atoms with Gasteiger partial charge in [-0.15, -0.1) is 0 Å². The van der Waals surface area contributed by atoms with Gasteiger partial charge in [0.05, 0.1) is 56.4 Å². The van der Waals surface area contributed by atoms with E-state index in [0.29, 0.717) is 22.3 Å².